The number of aromatic nitrogens is 1. The lowest BCUT2D eigenvalue weighted by atomic mass is 10.2. The van der Waals surface area contributed by atoms with E-state index in [4.69, 9.17) is 0 Å². The average molecular weight is 355 g/mol. The van der Waals surface area contributed by atoms with Gasteiger partial charge in [-0.15, -0.1) is 0 Å². The highest BCUT2D eigenvalue weighted by Crippen LogP contribution is 2.22. The second kappa shape index (κ2) is 5.54. The zero-order valence-electron chi connectivity index (χ0n) is 11.4. The van der Waals surface area contributed by atoms with Gasteiger partial charge in [-0.1, -0.05) is 17.7 Å². The van der Waals surface area contributed by atoms with Gasteiger partial charge < -0.3 is 0 Å². The van der Waals surface area contributed by atoms with Crippen molar-refractivity contribution in [2.45, 2.75) is 25.7 Å². The number of halogens is 1. The van der Waals surface area contributed by atoms with Crippen LogP contribution in [0.1, 0.15) is 16.7 Å². The third-order valence-electron chi connectivity index (χ3n) is 2.89. The summed E-state index contributed by atoms with van der Waals surface area (Å²) in [5.41, 5.74) is 3.07. The predicted octanol–water partition coefficient (Wildman–Crippen LogP) is 3.57. The Morgan fingerprint density at radius 3 is 2.40 bits per heavy atom. The largest absolute Gasteiger partial charge is 0.278 e. The number of aryl methyl sites for hydroxylation is 3. The van der Waals surface area contributed by atoms with Crippen LogP contribution in [-0.4, -0.2) is 13.4 Å². The van der Waals surface area contributed by atoms with Crippen LogP contribution in [0.3, 0.4) is 0 Å². The van der Waals surface area contributed by atoms with Crippen LogP contribution in [0.5, 0.6) is 0 Å². The molecule has 1 aromatic heterocycles. The third kappa shape index (κ3) is 3.19. The lowest BCUT2D eigenvalue weighted by molar-refractivity contribution is 0.600. The Hall–Kier alpha value is -1.40. The lowest BCUT2D eigenvalue weighted by Crippen LogP contribution is -2.14. The van der Waals surface area contributed by atoms with E-state index in [1.54, 1.807) is 25.1 Å². The highest BCUT2D eigenvalue weighted by atomic mass is 79.9. The van der Waals surface area contributed by atoms with Gasteiger partial charge >= 0.3 is 0 Å². The SMILES string of the molecule is Cc1ccc(S(=O)(=O)Nc2cnc(Br)c(C)c2)c(C)c1. The van der Waals surface area contributed by atoms with Crippen molar-refractivity contribution in [1.82, 2.24) is 4.98 Å². The number of nitrogens with zero attached hydrogens (tertiary/aromatic N) is 1. The van der Waals surface area contributed by atoms with Crippen LogP contribution in [0, 0.1) is 20.8 Å². The van der Waals surface area contributed by atoms with Gasteiger partial charge in [0, 0.05) is 0 Å². The zero-order chi connectivity index (χ0) is 14.9. The fourth-order valence-electron chi connectivity index (χ4n) is 1.92. The Bertz CT molecular complexity index is 758. The van der Waals surface area contributed by atoms with E-state index in [1.807, 2.05) is 19.9 Å². The number of benzene rings is 1. The fraction of sp³-hybridized carbons (Fsp3) is 0.214. The van der Waals surface area contributed by atoms with Crippen LogP contribution in [0.2, 0.25) is 0 Å². The first kappa shape index (κ1) is 15.0. The average Bonchev–Trinajstić information content (AvgIpc) is 2.33. The minimum Gasteiger partial charge on any atom is -0.278 e. The maximum atomic E-state index is 12.4. The van der Waals surface area contributed by atoms with E-state index in [-0.39, 0.29) is 4.90 Å². The van der Waals surface area contributed by atoms with Gasteiger partial charge in [0.1, 0.15) is 4.60 Å². The van der Waals surface area contributed by atoms with E-state index in [1.165, 1.54) is 6.20 Å². The molecule has 0 spiro atoms. The first-order valence-electron chi connectivity index (χ1n) is 6.02. The molecular weight excluding hydrogens is 340 g/mol. The second-order valence-electron chi connectivity index (χ2n) is 4.71. The minimum absolute atomic E-state index is 0.281. The summed E-state index contributed by atoms with van der Waals surface area (Å²) in [4.78, 5) is 4.36. The van der Waals surface area contributed by atoms with Gasteiger partial charge in [0.25, 0.3) is 10.0 Å². The summed E-state index contributed by atoms with van der Waals surface area (Å²) < 4.78 is 28.0. The minimum atomic E-state index is -3.60. The molecule has 1 aromatic carbocycles. The first-order chi connectivity index (χ1) is 9.29. The number of sulfonamides is 1. The Morgan fingerprint density at radius 1 is 1.10 bits per heavy atom. The van der Waals surface area contributed by atoms with E-state index in [9.17, 15) is 8.42 Å². The summed E-state index contributed by atoms with van der Waals surface area (Å²) in [5.74, 6) is 0. The normalized spacial score (nSPS) is 11.4. The second-order valence-corrected chi connectivity index (χ2v) is 7.11. The smallest absolute Gasteiger partial charge is 0.262 e. The van der Waals surface area contributed by atoms with E-state index >= 15 is 0 Å². The van der Waals surface area contributed by atoms with Crippen molar-refractivity contribution in [3.8, 4) is 0 Å². The van der Waals surface area contributed by atoms with Crippen molar-refractivity contribution >= 4 is 31.6 Å². The van der Waals surface area contributed by atoms with Gasteiger partial charge in [0.15, 0.2) is 0 Å². The number of hydrogen-bond acceptors (Lipinski definition) is 3. The van der Waals surface area contributed by atoms with Crippen LogP contribution in [-0.2, 0) is 10.0 Å². The molecule has 0 aliphatic carbocycles. The number of nitrogens with one attached hydrogen (secondary N) is 1. The Balaban J connectivity index is 2.38. The maximum Gasteiger partial charge on any atom is 0.262 e. The van der Waals surface area contributed by atoms with Crippen LogP contribution in [0.25, 0.3) is 0 Å². The zero-order valence-corrected chi connectivity index (χ0v) is 13.8. The van der Waals surface area contributed by atoms with Gasteiger partial charge in [0.2, 0.25) is 0 Å². The van der Waals surface area contributed by atoms with Crippen molar-refractivity contribution in [2.24, 2.45) is 0 Å². The summed E-state index contributed by atoms with van der Waals surface area (Å²) >= 11 is 3.29. The molecular formula is C14H15BrN2O2S. The van der Waals surface area contributed by atoms with Gasteiger partial charge in [-0.3, -0.25) is 4.72 Å². The molecule has 0 bridgehead atoms. The molecule has 0 aliphatic rings. The standard InChI is InChI=1S/C14H15BrN2O2S/c1-9-4-5-13(10(2)6-9)20(18,19)17-12-7-11(3)14(15)16-8-12/h4-8,17H,1-3H3. The van der Waals surface area contributed by atoms with E-state index in [0.29, 0.717) is 10.3 Å². The summed E-state index contributed by atoms with van der Waals surface area (Å²) in [6, 6.07) is 6.98. The highest BCUT2D eigenvalue weighted by molar-refractivity contribution is 9.10. The van der Waals surface area contributed by atoms with Crippen molar-refractivity contribution in [2.75, 3.05) is 4.72 Å². The molecule has 1 heterocycles. The monoisotopic (exact) mass is 354 g/mol. The van der Waals surface area contributed by atoms with Gasteiger partial charge in [-0.2, -0.15) is 0 Å². The maximum absolute atomic E-state index is 12.4. The fourth-order valence-corrected chi connectivity index (χ4v) is 3.40. The van der Waals surface area contributed by atoms with E-state index in [2.05, 4.69) is 25.6 Å². The highest BCUT2D eigenvalue weighted by Gasteiger charge is 2.17. The Labute approximate surface area is 127 Å². The molecule has 0 unspecified atom stereocenters. The molecule has 4 nitrogen and oxygen atoms in total. The number of hydrogen-bond donors (Lipinski definition) is 1. The Morgan fingerprint density at radius 2 is 1.80 bits per heavy atom. The first-order valence-corrected chi connectivity index (χ1v) is 8.29. The number of rotatable bonds is 3. The molecule has 6 heteroatoms. The van der Waals surface area contributed by atoms with E-state index in [0.717, 1.165) is 16.7 Å². The van der Waals surface area contributed by atoms with Crippen LogP contribution in [0.15, 0.2) is 40.0 Å². The quantitative estimate of drug-likeness (QED) is 0.857. The summed E-state index contributed by atoms with van der Waals surface area (Å²) in [7, 11) is -3.60. The number of anilines is 1. The molecule has 2 aromatic rings. The Kier molecular flexibility index (Phi) is 4.15. The molecule has 0 atom stereocenters. The molecule has 0 saturated heterocycles. The van der Waals surface area contributed by atoms with Gasteiger partial charge in [0.05, 0.1) is 16.8 Å². The van der Waals surface area contributed by atoms with Crippen molar-refractivity contribution in [1.29, 1.82) is 0 Å². The summed E-state index contributed by atoms with van der Waals surface area (Å²) in [5, 5.41) is 0. The van der Waals surface area contributed by atoms with Crippen molar-refractivity contribution in [3.63, 3.8) is 0 Å². The number of pyridine rings is 1. The lowest BCUT2D eigenvalue weighted by Gasteiger charge is -2.11. The van der Waals surface area contributed by atoms with Crippen molar-refractivity contribution < 1.29 is 8.42 Å². The van der Waals surface area contributed by atoms with Crippen LogP contribution in [0.4, 0.5) is 5.69 Å². The molecule has 0 amide bonds. The molecule has 0 aliphatic heterocycles. The third-order valence-corrected chi connectivity index (χ3v) is 5.26. The molecule has 0 fully saturated rings. The summed E-state index contributed by atoms with van der Waals surface area (Å²) in [6.45, 7) is 5.57. The van der Waals surface area contributed by atoms with Crippen LogP contribution < -0.4 is 4.72 Å². The van der Waals surface area contributed by atoms with Crippen LogP contribution >= 0.6 is 15.9 Å². The molecule has 0 radical (unpaired) electrons. The molecule has 2 rings (SSSR count). The summed E-state index contributed by atoms with van der Waals surface area (Å²) in [6.07, 6.45) is 1.48. The van der Waals surface area contributed by atoms with E-state index < -0.39 is 10.0 Å². The van der Waals surface area contributed by atoms with Gasteiger partial charge in [-0.05, 0) is 60.0 Å². The molecule has 1 N–H and O–H groups in total. The van der Waals surface area contributed by atoms with Gasteiger partial charge in [-0.25, -0.2) is 13.4 Å². The predicted molar refractivity (Wildman–Crippen MR) is 83.4 cm³/mol. The van der Waals surface area contributed by atoms with Crippen molar-refractivity contribution in [3.05, 3.63) is 51.8 Å². The molecule has 20 heavy (non-hydrogen) atoms. The molecule has 0 saturated carbocycles. The topological polar surface area (TPSA) is 59.1 Å². The molecule has 106 valence electrons.